The summed E-state index contributed by atoms with van der Waals surface area (Å²) in [6.45, 7) is 2.69. The summed E-state index contributed by atoms with van der Waals surface area (Å²) in [4.78, 5) is 0. The van der Waals surface area contributed by atoms with E-state index in [4.69, 9.17) is 0 Å². The van der Waals surface area contributed by atoms with Crippen molar-refractivity contribution in [3.63, 3.8) is 0 Å². The summed E-state index contributed by atoms with van der Waals surface area (Å²) in [5.41, 5.74) is 1.28. The number of rotatable bonds is 5. The maximum atomic E-state index is 11.0. The Morgan fingerprint density at radius 2 is 2.00 bits per heavy atom. The molecule has 13 heavy (non-hydrogen) atoms. The van der Waals surface area contributed by atoms with Gasteiger partial charge >= 0.3 is 0 Å². The highest BCUT2D eigenvalue weighted by Crippen LogP contribution is 1.98. The molecule has 0 fully saturated rings. The third kappa shape index (κ3) is 4.20. The van der Waals surface area contributed by atoms with Gasteiger partial charge in [0.2, 0.25) is 0 Å². The number of benzene rings is 1. The lowest BCUT2D eigenvalue weighted by Gasteiger charge is -2.02. The van der Waals surface area contributed by atoms with Gasteiger partial charge in [-0.05, 0) is 12.0 Å². The average molecular weight is 197 g/mol. The average Bonchev–Trinajstić information content (AvgIpc) is 2.19. The Morgan fingerprint density at radius 3 is 2.62 bits per heavy atom. The van der Waals surface area contributed by atoms with Gasteiger partial charge in [-0.1, -0.05) is 37.3 Å². The molecule has 0 saturated heterocycles. The molecule has 0 spiro atoms. The standard InChI is InChI=1S/C10H15NOS/c1-2-13(12)11-9-8-10-6-4-3-5-7-10/h3-7,11H,2,8-9H2,1H3. The van der Waals surface area contributed by atoms with Crippen molar-refractivity contribution in [3.05, 3.63) is 35.9 Å². The second-order valence-corrected chi connectivity index (χ2v) is 4.32. The Hall–Kier alpha value is -0.670. The molecule has 1 aromatic carbocycles. The van der Waals surface area contributed by atoms with E-state index < -0.39 is 11.0 Å². The molecule has 0 aliphatic rings. The van der Waals surface area contributed by atoms with Crippen molar-refractivity contribution < 1.29 is 4.21 Å². The summed E-state index contributed by atoms with van der Waals surface area (Å²) in [5, 5.41) is 0. The molecule has 3 heteroatoms. The van der Waals surface area contributed by atoms with Crippen LogP contribution >= 0.6 is 0 Å². The molecule has 0 saturated carbocycles. The van der Waals surface area contributed by atoms with Crippen molar-refractivity contribution >= 4 is 11.0 Å². The van der Waals surface area contributed by atoms with E-state index in [2.05, 4.69) is 16.9 Å². The van der Waals surface area contributed by atoms with E-state index >= 15 is 0 Å². The van der Waals surface area contributed by atoms with Gasteiger partial charge in [-0.2, -0.15) is 0 Å². The first-order valence-corrected chi connectivity index (χ1v) is 5.80. The van der Waals surface area contributed by atoms with Crippen LogP contribution < -0.4 is 4.72 Å². The van der Waals surface area contributed by atoms with E-state index in [0.717, 1.165) is 13.0 Å². The van der Waals surface area contributed by atoms with Gasteiger partial charge in [0.15, 0.2) is 0 Å². The van der Waals surface area contributed by atoms with Crippen LogP contribution in [-0.4, -0.2) is 16.5 Å². The molecule has 1 atom stereocenters. The van der Waals surface area contributed by atoms with E-state index in [1.807, 2.05) is 25.1 Å². The summed E-state index contributed by atoms with van der Waals surface area (Å²) < 4.78 is 14.0. The van der Waals surface area contributed by atoms with Crippen molar-refractivity contribution in [2.24, 2.45) is 0 Å². The highest BCUT2D eigenvalue weighted by molar-refractivity contribution is 7.82. The molecule has 1 N–H and O–H groups in total. The first kappa shape index (κ1) is 10.4. The van der Waals surface area contributed by atoms with Gasteiger partial charge in [0.25, 0.3) is 0 Å². The van der Waals surface area contributed by atoms with Gasteiger partial charge in [0, 0.05) is 12.3 Å². The normalized spacial score (nSPS) is 12.7. The zero-order chi connectivity index (χ0) is 9.52. The molecule has 0 heterocycles. The lowest BCUT2D eigenvalue weighted by molar-refractivity contribution is 0.672. The third-order valence-corrected chi connectivity index (χ3v) is 2.83. The van der Waals surface area contributed by atoms with Crippen LogP contribution in [0.4, 0.5) is 0 Å². The monoisotopic (exact) mass is 197 g/mol. The second kappa shape index (κ2) is 5.89. The van der Waals surface area contributed by atoms with Crippen LogP contribution in [0, 0.1) is 0 Å². The topological polar surface area (TPSA) is 29.1 Å². The molecule has 1 rings (SSSR count). The highest BCUT2D eigenvalue weighted by Gasteiger charge is 1.94. The molecule has 0 aliphatic carbocycles. The lowest BCUT2D eigenvalue weighted by atomic mass is 10.2. The number of hydrogen-bond donors (Lipinski definition) is 1. The van der Waals surface area contributed by atoms with Crippen LogP contribution in [0.1, 0.15) is 12.5 Å². The SMILES string of the molecule is CCS(=O)NCCc1ccccc1. The predicted octanol–water partition coefficient (Wildman–Crippen LogP) is 1.50. The van der Waals surface area contributed by atoms with Crippen molar-refractivity contribution in [3.8, 4) is 0 Å². The molecule has 2 nitrogen and oxygen atoms in total. The lowest BCUT2D eigenvalue weighted by Crippen LogP contribution is -2.21. The van der Waals surface area contributed by atoms with Gasteiger partial charge in [0.05, 0.1) is 11.0 Å². The maximum absolute atomic E-state index is 11.0. The fraction of sp³-hybridized carbons (Fsp3) is 0.400. The first-order valence-electron chi connectivity index (χ1n) is 4.48. The maximum Gasteiger partial charge on any atom is 0.0912 e. The van der Waals surface area contributed by atoms with Gasteiger partial charge < -0.3 is 0 Å². The molecule has 0 amide bonds. The molecule has 0 radical (unpaired) electrons. The summed E-state index contributed by atoms with van der Waals surface area (Å²) in [7, 11) is -0.851. The van der Waals surface area contributed by atoms with Crippen LogP contribution in [-0.2, 0) is 17.4 Å². The van der Waals surface area contributed by atoms with Crippen LogP contribution in [0.2, 0.25) is 0 Å². The van der Waals surface area contributed by atoms with E-state index in [9.17, 15) is 4.21 Å². The minimum Gasteiger partial charge on any atom is -0.243 e. The first-order chi connectivity index (χ1) is 6.33. The second-order valence-electron chi connectivity index (χ2n) is 2.76. The Balaban J connectivity index is 2.24. The number of nitrogens with one attached hydrogen (secondary N) is 1. The Morgan fingerprint density at radius 1 is 1.31 bits per heavy atom. The molecular weight excluding hydrogens is 182 g/mol. The van der Waals surface area contributed by atoms with E-state index in [1.165, 1.54) is 5.56 Å². The molecule has 1 aromatic rings. The summed E-state index contributed by atoms with van der Waals surface area (Å²) in [6, 6.07) is 10.2. The van der Waals surface area contributed by atoms with Crippen LogP contribution in [0.25, 0.3) is 0 Å². The van der Waals surface area contributed by atoms with Crippen LogP contribution in [0.15, 0.2) is 30.3 Å². The highest BCUT2D eigenvalue weighted by atomic mass is 32.2. The van der Waals surface area contributed by atoms with Gasteiger partial charge in [-0.15, -0.1) is 0 Å². The van der Waals surface area contributed by atoms with Crippen LogP contribution in [0.5, 0.6) is 0 Å². The fourth-order valence-corrected chi connectivity index (χ4v) is 1.59. The smallest absolute Gasteiger partial charge is 0.0912 e. The van der Waals surface area contributed by atoms with E-state index in [0.29, 0.717) is 5.75 Å². The van der Waals surface area contributed by atoms with Gasteiger partial charge in [-0.3, -0.25) is 0 Å². The van der Waals surface area contributed by atoms with Crippen molar-refractivity contribution in [1.82, 2.24) is 4.72 Å². The van der Waals surface area contributed by atoms with Gasteiger partial charge in [-0.25, -0.2) is 8.93 Å². The Labute approximate surface area is 82.0 Å². The predicted molar refractivity (Wildman–Crippen MR) is 56.8 cm³/mol. The fourth-order valence-electron chi connectivity index (χ4n) is 1.06. The summed E-state index contributed by atoms with van der Waals surface area (Å²) >= 11 is 0. The van der Waals surface area contributed by atoms with Crippen molar-refractivity contribution in [1.29, 1.82) is 0 Å². The van der Waals surface area contributed by atoms with Crippen molar-refractivity contribution in [2.45, 2.75) is 13.3 Å². The zero-order valence-electron chi connectivity index (χ0n) is 7.82. The summed E-state index contributed by atoms with van der Waals surface area (Å²) in [6.07, 6.45) is 0.937. The minimum atomic E-state index is -0.851. The zero-order valence-corrected chi connectivity index (χ0v) is 8.64. The van der Waals surface area contributed by atoms with Crippen molar-refractivity contribution in [2.75, 3.05) is 12.3 Å². The summed E-state index contributed by atoms with van der Waals surface area (Å²) in [5.74, 6) is 0.675. The van der Waals surface area contributed by atoms with E-state index in [1.54, 1.807) is 0 Å². The largest absolute Gasteiger partial charge is 0.243 e. The number of hydrogen-bond acceptors (Lipinski definition) is 1. The molecule has 0 aliphatic heterocycles. The minimum absolute atomic E-state index is 0.675. The van der Waals surface area contributed by atoms with E-state index in [-0.39, 0.29) is 0 Å². The van der Waals surface area contributed by atoms with Gasteiger partial charge in [0.1, 0.15) is 0 Å². The third-order valence-electron chi connectivity index (χ3n) is 1.78. The molecule has 0 aromatic heterocycles. The molecule has 1 unspecified atom stereocenters. The molecule has 72 valence electrons. The quantitative estimate of drug-likeness (QED) is 0.761. The molecule has 0 bridgehead atoms. The molecular formula is C10H15NOS. The van der Waals surface area contributed by atoms with Crippen LogP contribution in [0.3, 0.4) is 0 Å². The Bertz CT molecular complexity index is 261. The Kier molecular flexibility index (Phi) is 4.72.